The van der Waals surface area contributed by atoms with Crippen molar-refractivity contribution in [3.63, 3.8) is 0 Å². The maximum Gasteiger partial charge on any atom is 0.316 e. The number of benzene rings is 7. The zero-order chi connectivity index (χ0) is 57.9. The Bertz CT molecular complexity index is 3750. The first-order valence-electron chi connectivity index (χ1n) is 30.0. The van der Waals surface area contributed by atoms with Crippen LogP contribution in [0.5, 0.6) is 28.7 Å². The number of fused-ring (bicyclic) bond motifs is 11. The Hall–Kier alpha value is -8.04. The molecule has 430 valence electrons. The van der Waals surface area contributed by atoms with Crippen LogP contribution in [-0.4, -0.2) is 71.4 Å². The van der Waals surface area contributed by atoms with E-state index in [2.05, 4.69) is 96.0 Å². The van der Waals surface area contributed by atoms with Gasteiger partial charge >= 0.3 is 11.9 Å². The summed E-state index contributed by atoms with van der Waals surface area (Å²) in [6.07, 6.45) is 7.07. The first-order valence-corrected chi connectivity index (χ1v) is 30.0. The van der Waals surface area contributed by atoms with E-state index in [0.717, 1.165) is 80.1 Å². The molecule has 7 aromatic rings. The Morgan fingerprint density at radius 1 is 0.762 bits per heavy atom. The Kier molecular flexibility index (Phi) is 14.8. The van der Waals surface area contributed by atoms with Crippen LogP contribution in [0.15, 0.2) is 146 Å². The molecule has 7 aromatic carbocycles. The minimum Gasteiger partial charge on any atom is -0.508 e. The van der Waals surface area contributed by atoms with E-state index in [4.69, 9.17) is 18.9 Å². The summed E-state index contributed by atoms with van der Waals surface area (Å²) in [5.74, 6) is 5.51. The number of rotatable bonds is 9. The average Bonchev–Trinajstić information content (AvgIpc) is 0.973. The first kappa shape index (κ1) is 55.2. The van der Waals surface area contributed by atoms with E-state index in [0.29, 0.717) is 63.1 Å². The molecule has 0 radical (unpaired) electrons. The van der Waals surface area contributed by atoms with E-state index in [1.54, 1.807) is 19.2 Å². The van der Waals surface area contributed by atoms with Crippen molar-refractivity contribution in [2.24, 2.45) is 35.0 Å². The smallest absolute Gasteiger partial charge is 0.316 e. The van der Waals surface area contributed by atoms with E-state index in [-0.39, 0.29) is 65.1 Å². The third-order valence-electron chi connectivity index (χ3n) is 20.1. The van der Waals surface area contributed by atoms with Crippen LogP contribution in [0.2, 0.25) is 0 Å². The van der Waals surface area contributed by atoms with Crippen LogP contribution in [0.1, 0.15) is 108 Å². The maximum absolute atomic E-state index is 16.5. The van der Waals surface area contributed by atoms with Crippen molar-refractivity contribution in [2.45, 2.75) is 113 Å². The van der Waals surface area contributed by atoms with Crippen LogP contribution in [0.3, 0.4) is 0 Å². The SMILES string of the molecule is COc1cc2c(cc1O)C1CC(O)C3Cc4cc(O)c(OC)cc4C4CC(OC(=O)C56CCCC(C#CC(Cc7ccccc7)CNCc7cccc(c7)-c7cc(O)cc8ccc5cc78)C6)CC(OC(C)=O)C(C2)C1(C=Cc1ccccc1)C43. The lowest BCUT2D eigenvalue weighted by Gasteiger charge is -2.64. The standard InChI is InChI=1S/C73H73NO10/c1-43(75)83-67-36-55(35-60-58-38-69(82-3)65(78)31-51(58)29-61-64(77)39-62-59-37-66(79)68(81-2)32-52(59)30-63(67)73(62,70(60)61)25-23-44-12-6-4-7-13-44)84-71(80)72-24-11-17-46(40-72)19-20-48(26-45-14-8-5-9-15-45)42-74-41-47-16-10-18-49(27-47)57-34-54(76)28-50-21-22-53(72)33-56(50)57/h4-10,12-16,18,21-23,25,27-28,31-34,37-38,46,48,55,60-64,67,70,74,76-79H,11,17,24,26,29-30,35-36,39-42H2,1-3H3. The van der Waals surface area contributed by atoms with Gasteiger partial charge in [0.25, 0.3) is 0 Å². The van der Waals surface area contributed by atoms with E-state index in [1.807, 2.05) is 60.7 Å². The Balaban J connectivity index is 0.984. The normalized spacial score (nSPS) is 28.5. The minimum absolute atomic E-state index is 0.00615. The molecule has 1 heterocycles. The number of esters is 2. The van der Waals surface area contributed by atoms with Gasteiger partial charge in [-0.3, -0.25) is 9.59 Å². The quantitative estimate of drug-likeness (QED) is 0.0690. The largest absolute Gasteiger partial charge is 0.508 e. The fraction of sp³-hybridized carbons (Fsp3) is 0.370. The summed E-state index contributed by atoms with van der Waals surface area (Å²) in [5, 5.41) is 52.7. The van der Waals surface area contributed by atoms with E-state index >= 15 is 4.79 Å². The molecule has 3 fully saturated rings. The number of ether oxygens (including phenoxy) is 4. The lowest BCUT2D eigenvalue weighted by molar-refractivity contribution is -0.179. The van der Waals surface area contributed by atoms with Crippen LogP contribution >= 0.6 is 0 Å². The molecule has 5 aliphatic carbocycles. The number of carbonyl (C=O) groups excluding carboxylic acids is 2. The van der Waals surface area contributed by atoms with Gasteiger partial charge in [0, 0.05) is 49.6 Å². The van der Waals surface area contributed by atoms with Crippen molar-refractivity contribution in [1.82, 2.24) is 5.32 Å². The van der Waals surface area contributed by atoms with Crippen LogP contribution in [-0.2, 0) is 50.3 Å². The highest BCUT2D eigenvalue weighted by Gasteiger charge is 2.65. The summed E-state index contributed by atoms with van der Waals surface area (Å²) in [6.45, 7) is 2.75. The third-order valence-corrected chi connectivity index (χ3v) is 20.1. The van der Waals surface area contributed by atoms with Gasteiger partial charge in [-0.1, -0.05) is 121 Å². The molecular weight excluding hydrogens is 1050 g/mol. The molecule has 11 nitrogen and oxygen atoms in total. The molecule has 6 bridgehead atoms. The second-order valence-corrected chi connectivity index (χ2v) is 24.8. The van der Waals surface area contributed by atoms with Gasteiger partial charge < -0.3 is 44.7 Å². The highest BCUT2D eigenvalue weighted by molar-refractivity contribution is 5.99. The van der Waals surface area contributed by atoms with Crippen LogP contribution in [0.25, 0.3) is 28.0 Å². The van der Waals surface area contributed by atoms with Crippen molar-refractivity contribution < 1.29 is 49.0 Å². The van der Waals surface area contributed by atoms with Gasteiger partial charge in [0.2, 0.25) is 0 Å². The fourth-order valence-electron chi connectivity index (χ4n) is 16.5. The van der Waals surface area contributed by atoms with E-state index < -0.39 is 41.0 Å². The van der Waals surface area contributed by atoms with Crippen molar-refractivity contribution in [3.05, 3.63) is 190 Å². The summed E-state index contributed by atoms with van der Waals surface area (Å²) in [6, 6.07) is 46.2. The highest BCUT2D eigenvalue weighted by Crippen LogP contribution is 2.70. The predicted molar refractivity (Wildman–Crippen MR) is 324 cm³/mol. The van der Waals surface area contributed by atoms with Gasteiger partial charge in [-0.2, -0.15) is 0 Å². The van der Waals surface area contributed by atoms with Crippen LogP contribution < -0.4 is 14.8 Å². The molecule has 0 spiro atoms. The number of phenolic OH excluding ortho intramolecular Hbond substituents is 3. The molecule has 3 saturated carbocycles. The third kappa shape index (κ3) is 10.0. The lowest BCUT2D eigenvalue weighted by Crippen LogP contribution is -2.62. The molecule has 5 N–H and O–H groups in total. The zero-order valence-corrected chi connectivity index (χ0v) is 47.9. The molecule has 12 atom stereocenters. The number of carbonyl (C=O) groups is 2. The second kappa shape index (κ2) is 22.5. The van der Waals surface area contributed by atoms with E-state index in [1.165, 1.54) is 19.6 Å². The lowest BCUT2D eigenvalue weighted by atomic mass is 9.40. The number of nitrogens with one attached hydrogen (secondary N) is 1. The topological polar surface area (TPSA) is 164 Å². The second-order valence-electron chi connectivity index (χ2n) is 24.8. The summed E-state index contributed by atoms with van der Waals surface area (Å²) in [4.78, 5) is 30.4. The highest BCUT2D eigenvalue weighted by atomic mass is 16.6. The predicted octanol–water partition coefficient (Wildman–Crippen LogP) is 12.7. The van der Waals surface area contributed by atoms with E-state index in [9.17, 15) is 25.2 Å². The molecule has 0 aromatic heterocycles. The Morgan fingerprint density at radius 3 is 2.33 bits per heavy atom. The molecule has 11 heteroatoms. The van der Waals surface area contributed by atoms with Crippen molar-refractivity contribution in [3.8, 4) is 51.7 Å². The number of aliphatic hydroxyl groups excluding tert-OH is 1. The molecular formula is C73H73NO10. The molecule has 13 rings (SSSR count). The number of hydrogen-bond acceptors (Lipinski definition) is 11. The van der Waals surface area contributed by atoms with Crippen molar-refractivity contribution in [1.29, 1.82) is 0 Å². The Labute approximate surface area is 491 Å². The van der Waals surface area contributed by atoms with Gasteiger partial charge in [-0.05, 0) is 190 Å². The monoisotopic (exact) mass is 1120 g/mol. The molecule has 6 aliphatic rings. The first-order chi connectivity index (χ1) is 40.8. The van der Waals surface area contributed by atoms with Gasteiger partial charge in [-0.15, -0.1) is 0 Å². The fourth-order valence-corrected chi connectivity index (χ4v) is 16.5. The van der Waals surface area contributed by atoms with Gasteiger partial charge in [0.05, 0.1) is 25.7 Å². The van der Waals surface area contributed by atoms with Crippen molar-refractivity contribution in [2.75, 3.05) is 20.8 Å². The zero-order valence-electron chi connectivity index (χ0n) is 47.9. The van der Waals surface area contributed by atoms with Gasteiger partial charge in [0.15, 0.2) is 23.0 Å². The summed E-state index contributed by atoms with van der Waals surface area (Å²) in [7, 11) is 3.08. The molecule has 84 heavy (non-hydrogen) atoms. The number of aliphatic hydroxyl groups is 1. The summed E-state index contributed by atoms with van der Waals surface area (Å²) < 4.78 is 25.7. The van der Waals surface area contributed by atoms with Gasteiger partial charge in [0.1, 0.15) is 18.0 Å². The number of hydrogen-bond donors (Lipinski definition) is 5. The number of phenols is 3. The summed E-state index contributed by atoms with van der Waals surface area (Å²) in [5.41, 5.74) is 7.63. The van der Waals surface area contributed by atoms with Crippen LogP contribution in [0.4, 0.5) is 0 Å². The molecule has 0 amide bonds. The molecule has 12 unspecified atom stereocenters. The maximum atomic E-state index is 16.5. The molecule has 0 saturated heterocycles. The number of aromatic hydroxyl groups is 3. The Morgan fingerprint density at radius 2 is 1.54 bits per heavy atom. The number of methoxy groups -OCH3 is 2. The van der Waals surface area contributed by atoms with Crippen molar-refractivity contribution >= 4 is 28.8 Å². The minimum atomic E-state index is -1.16. The number of allylic oxidation sites excluding steroid dienone is 1. The summed E-state index contributed by atoms with van der Waals surface area (Å²) >= 11 is 0. The van der Waals surface area contributed by atoms with Crippen LogP contribution in [0, 0.1) is 46.8 Å². The average molecular weight is 1120 g/mol. The van der Waals surface area contributed by atoms with Gasteiger partial charge in [-0.25, -0.2) is 0 Å². The molecule has 1 aliphatic heterocycles.